The van der Waals surface area contributed by atoms with Gasteiger partial charge < -0.3 is 10.8 Å². The Bertz CT molecular complexity index is 235. The van der Waals surface area contributed by atoms with Crippen LogP contribution in [0.2, 0.25) is 0 Å². The van der Waals surface area contributed by atoms with E-state index in [-0.39, 0.29) is 24.8 Å². The number of hydroxylamine groups is 1. The third kappa shape index (κ3) is 8.72. The molecule has 0 aromatic rings. The quantitative estimate of drug-likeness (QED) is 0.257. The number of amidine groups is 1. The molecule has 1 atom stereocenters. The molecule has 6 nitrogen and oxygen atoms in total. The van der Waals surface area contributed by atoms with Crippen LogP contribution in [0.3, 0.4) is 0 Å². The summed E-state index contributed by atoms with van der Waals surface area (Å²) in [7, 11) is 0. The molecule has 0 rings (SSSR count). The molecule has 8 heteroatoms. The molecule has 1 unspecified atom stereocenters. The highest BCUT2D eigenvalue weighted by Crippen LogP contribution is 2.08. The lowest BCUT2D eigenvalue weighted by molar-refractivity contribution is -0.142. The van der Waals surface area contributed by atoms with E-state index in [9.17, 15) is 4.79 Å². The maximum atomic E-state index is 10.6. The molecule has 0 aliphatic rings. The van der Waals surface area contributed by atoms with Crippen LogP contribution in [0, 0.1) is 0 Å². The van der Waals surface area contributed by atoms with Gasteiger partial charge in [0.2, 0.25) is 0 Å². The molecule has 0 saturated heterocycles. The predicted molar refractivity (Wildman–Crippen MR) is 66.9 cm³/mol. The Balaban J connectivity index is -0.000000845. The monoisotopic (exact) mass is 275 g/mol. The SMILES string of the molecule is CC(=NCCCC(C)(N)C(=O)O)NO.Cl.Cl. The molecule has 5 N–H and O–H groups in total. The summed E-state index contributed by atoms with van der Waals surface area (Å²) in [5, 5.41) is 17.1. The van der Waals surface area contributed by atoms with E-state index < -0.39 is 11.5 Å². The fourth-order valence-electron chi connectivity index (χ4n) is 0.835. The number of hydrogen-bond acceptors (Lipinski definition) is 4. The molecule has 0 aliphatic heterocycles. The van der Waals surface area contributed by atoms with Gasteiger partial charge in [-0.25, -0.2) is 0 Å². The maximum absolute atomic E-state index is 10.6. The number of carboxylic acid groups (broad SMARTS) is 1. The van der Waals surface area contributed by atoms with E-state index in [2.05, 4.69) is 4.99 Å². The molecule has 0 radical (unpaired) electrons. The van der Waals surface area contributed by atoms with Crippen LogP contribution in [0.25, 0.3) is 0 Å². The molecule has 0 spiro atoms. The first-order valence-corrected chi connectivity index (χ1v) is 4.33. The zero-order valence-corrected chi connectivity index (χ0v) is 10.9. The molecule has 0 fully saturated rings. The van der Waals surface area contributed by atoms with Crippen LogP contribution in [0.4, 0.5) is 0 Å². The van der Waals surface area contributed by atoms with Crippen LogP contribution < -0.4 is 11.2 Å². The van der Waals surface area contributed by atoms with Crippen molar-refractivity contribution in [2.75, 3.05) is 6.54 Å². The first-order chi connectivity index (χ1) is 6.40. The summed E-state index contributed by atoms with van der Waals surface area (Å²) in [5.41, 5.74) is 6.19. The van der Waals surface area contributed by atoms with Crippen molar-refractivity contribution in [3.63, 3.8) is 0 Å². The summed E-state index contributed by atoms with van der Waals surface area (Å²) in [4.78, 5) is 14.5. The lowest BCUT2D eigenvalue weighted by Gasteiger charge is -2.17. The Morgan fingerprint density at radius 2 is 2.00 bits per heavy atom. The van der Waals surface area contributed by atoms with E-state index in [0.717, 1.165) is 0 Å². The maximum Gasteiger partial charge on any atom is 0.323 e. The number of aliphatic imine (C=N–C) groups is 1. The summed E-state index contributed by atoms with van der Waals surface area (Å²) in [6.07, 6.45) is 0.920. The van der Waals surface area contributed by atoms with Crippen molar-refractivity contribution < 1.29 is 15.1 Å². The van der Waals surface area contributed by atoms with Gasteiger partial charge in [-0.1, -0.05) is 0 Å². The Labute approximate surface area is 107 Å². The Morgan fingerprint density at radius 3 is 2.38 bits per heavy atom. The highest BCUT2D eigenvalue weighted by molar-refractivity contribution is 5.85. The molecule has 0 aliphatic carbocycles. The lowest BCUT2D eigenvalue weighted by Crippen LogP contribution is -2.44. The molecule has 16 heavy (non-hydrogen) atoms. The number of halogens is 2. The molecule has 0 heterocycles. The first-order valence-electron chi connectivity index (χ1n) is 4.33. The number of nitrogens with two attached hydrogens (primary N) is 1. The van der Waals surface area contributed by atoms with Crippen LogP contribution in [0.15, 0.2) is 4.99 Å². The van der Waals surface area contributed by atoms with Crippen molar-refractivity contribution >= 4 is 36.6 Å². The Morgan fingerprint density at radius 1 is 1.50 bits per heavy atom. The van der Waals surface area contributed by atoms with Gasteiger partial charge in [-0.15, -0.1) is 24.8 Å². The zero-order chi connectivity index (χ0) is 11.2. The zero-order valence-electron chi connectivity index (χ0n) is 9.27. The van der Waals surface area contributed by atoms with Gasteiger partial charge in [-0.2, -0.15) is 0 Å². The standard InChI is InChI=1S/C8H17N3O3.2ClH/c1-6(11-14)10-5-3-4-8(2,9)7(12)13;;/h14H,3-5,9H2,1-2H3,(H,10,11)(H,12,13);2*1H. The van der Waals surface area contributed by atoms with Gasteiger partial charge in [0, 0.05) is 6.54 Å². The normalized spacial score (nSPS) is 14.1. The minimum absolute atomic E-state index is 0. The molecule has 0 bridgehead atoms. The van der Waals surface area contributed by atoms with Crippen molar-refractivity contribution in [3.05, 3.63) is 0 Å². The third-order valence-electron chi connectivity index (χ3n) is 1.85. The number of carbonyl (C=O) groups is 1. The average molecular weight is 276 g/mol. The predicted octanol–water partition coefficient (Wildman–Crippen LogP) is 0.809. The van der Waals surface area contributed by atoms with E-state index in [4.69, 9.17) is 16.0 Å². The smallest absolute Gasteiger partial charge is 0.323 e. The minimum Gasteiger partial charge on any atom is -0.480 e. The summed E-state index contributed by atoms with van der Waals surface area (Å²) in [6.45, 7) is 3.52. The van der Waals surface area contributed by atoms with Gasteiger partial charge in [0.05, 0.1) is 0 Å². The van der Waals surface area contributed by atoms with Crippen LogP contribution >= 0.6 is 24.8 Å². The van der Waals surface area contributed by atoms with Crippen molar-refractivity contribution in [2.45, 2.75) is 32.2 Å². The molecule has 0 aromatic carbocycles. The Hall–Kier alpha value is -0.560. The van der Waals surface area contributed by atoms with Crippen molar-refractivity contribution in [1.29, 1.82) is 0 Å². The molecular weight excluding hydrogens is 257 g/mol. The number of nitrogens with one attached hydrogen (secondary N) is 1. The second-order valence-corrected chi connectivity index (χ2v) is 3.41. The molecule has 0 amide bonds. The van der Waals surface area contributed by atoms with Gasteiger partial charge >= 0.3 is 5.97 Å². The fraction of sp³-hybridized carbons (Fsp3) is 0.750. The van der Waals surface area contributed by atoms with Gasteiger partial charge in [0.15, 0.2) is 0 Å². The topological polar surface area (TPSA) is 108 Å². The van der Waals surface area contributed by atoms with E-state index in [1.807, 2.05) is 5.48 Å². The highest BCUT2D eigenvalue weighted by Gasteiger charge is 2.26. The number of aliphatic carboxylic acids is 1. The fourth-order valence-corrected chi connectivity index (χ4v) is 0.835. The largest absolute Gasteiger partial charge is 0.480 e. The van der Waals surface area contributed by atoms with Crippen LogP contribution in [0.5, 0.6) is 0 Å². The molecule has 98 valence electrons. The molecule has 0 saturated carbocycles. The van der Waals surface area contributed by atoms with Crippen molar-refractivity contribution in [1.82, 2.24) is 5.48 Å². The average Bonchev–Trinajstić information content (AvgIpc) is 2.11. The van der Waals surface area contributed by atoms with Gasteiger partial charge in [0.1, 0.15) is 11.4 Å². The van der Waals surface area contributed by atoms with E-state index in [0.29, 0.717) is 25.2 Å². The van der Waals surface area contributed by atoms with Gasteiger partial charge in [-0.05, 0) is 26.7 Å². The molecular formula is C8H19Cl2N3O3. The summed E-state index contributed by atoms with van der Waals surface area (Å²) >= 11 is 0. The third-order valence-corrected chi connectivity index (χ3v) is 1.85. The van der Waals surface area contributed by atoms with E-state index >= 15 is 0 Å². The number of nitrogens with zero attached hydrogens (tertiary/aromatic N) is 1. The minimum atomic E-state index is -1.20. The lowest BCUT2D eigenvalue weighted by atomic mass is 9.98. The number of rotatable bonds is 5. The Kier molecular flexibility index (Phi) is 12.5. The second-order valence-electron chi connectivity index (χ2n) is 3.41. The van der Waals surface area contributed by atoms with Crippen LogP contribution in [-0.2, 0) is 4.79 Å². The van der Waals surface area contributed by atoms with Crippen LogP contribution in [-0.4, -0.2) is 34.2 Å². The summed E-state index contributed by atoms with van der Waals surface area (Å²) in [6, 6.07) is 0. The van der Waals surface area contributed by atoms with Gasteiger partial charge in [-0.3, -0.25) is 20.5 Å². The number of hydrogen-bond donors (Lipinski definition) is 4. The summed E-state index contributed by atoms with van der Waals surface area (Å²) < 4.78 is 0. The van der Waals surface area contributed by atoms with Crippen molar-refractivity contribution in [3.8, 4) is 0 Å². The van der Waals surface area contributed by atoms with E-state index in [1.54, 1.807) is 6.92 Å². The highest BCUT2D eigenvalue weighted by atomic mass is 35.5. The number of carboxylic acids is 1. The van der Waals surface area contributed by atoms with E-state index in [1.165, 1.54) is 6.92 Å². The molecule has 0 aromatic heterocycles. The summed E-state index contributed by atoms with van der Waals surface area (Å²) in [5.74, 6) is -0.613. The second kappa shape index (κ2) is 9.65. The van der Waals surface area contributed by atoms with Crippen LogP contribution in [0.1, 0.15) is 26.7 Å². The van der Waals surface area contributed by atoms with Gasteiger partial charge in [0.25, 0.3) is 0 Å². The first kappa shape index (κ1) is 20.8. The van der Waals surface area contributed by atoms with Crippen molar-refractivity contribution in [2.24, 2.45) is 10.7 Å².